The zero-order valence-electron chi connectivity index (χ0n) is 16.5. The number of likely N-dealkylation sites (tertiary alicyclic amines) is 1. The van der Waals surface area contributed by atoms with E-state index in [0.717, 1.165) is 11.7 Å². The number of aromatic nitrogens is 3. The number of hydrogen-bond donors (Lipinski definition) is 0. The average Bonchev–Trinajstić information content (AvgIpc) is 2.83. The van der Waals surface area contributed by atoms with Gasteiger partial charge < -0.3 is 4.90 Å². The first-order valence-electron chi connectivity index (χ1n) is 9.19. The van der Waals surface area contributed by atoms with Gasteiger partial charge in [0, 0.05) is 32.2 Å². The molecule has 154 valence electrons. The number of hydrogen-bond acceptors (Lipinski definition) is 4. The van der Waals surface area contributed by atoms with Crippen molar-refractivity contribution in [2.45, 2.75) is 64.8 Å². The van der Waals surface area contributed by atoms with Crippen molar-refractivity contribution in [2.24, 2.45) is 7.05 Å². The minimum absolute atomic E-state index is 0.0350. The molecule has 0 saturated carbocycles. The number of carbonyl (C=O) groups is 1. The van der Waals surface area contributed by atoms with Gasteiger partial charge in [-0.05, 0) is 40.5 Å². The Kier molecular flexibility index (Phi) is 6.39. The highest BCUT2D eigenvalue weighted by molar-refractivity contribution is 5.78. The molecule has 1 saturated heterocycles. The van der Waals surface area contributed by atoms with Gasteiger partial charge in [0.25, 0.3) is 0 Å². The lowest BCUT2D eigenvalue weighted by atomic mass is 10.1. The molecule has 1 aromatic heterocycles. The Labute approximate surface area is 156 Å². The second-order valence-electron chi connectivity index (χ2n) is 7.60. The maximum Gasteiger partial charge on any atom is 0.451 e. The van der Waals surface area contributed by atoms with Crippen LogP contribution in [0, 0.1) is 0 Å². The lowest BCUT2D eigenvalue weighted by molar-refractivity contribution is -0.147. The SMILES string of the molecule is CC(C)N(C(=O)CN1CCC(n2nc(C(F)(F)F)n(C)c2=O)CC1)C(C)C. The van der Waals surface area contributed by atoms with Crippen LogP contribution in [-0.4, -0.2) is 61.8 Å². The summed E-state index contributed by atoms with van der Waals surface area (Å²) >= 11 is 0. The Balaban J connectivity index is 2.02. The molecule has 1 aliphatic rings. The summed E-state index contributed by atoms with van der Waals surface area (Å²) in [6.07, 6.45) is -3.71. The maximum absolute atomic E-state index is 12.9. The third-order valence-electron chi connectivity index (χ3n) is 4.92. The van der Waals surface area contributed by atoms with E-state index in [1.165, 1.54) is 0 Å². The molecule has 0 unspecified atom stereocenters. The standard InChI is InChI=1S/C17H28F3N5O2/c1-11(2)24(12(3)4)14(26)10-23-8-6-13(7-9-23)25-16(27)22(5)15(21-25)17(18,19)20/h11-13H,6-10H2,1-5H3. The highest BCUT2D eigenvalue weighted by Gasteiger charge is 2.39. The number of piperidine rings is 1. The van der Waals surface area contributed by atoms with Crippen LogP contribution in [0.1, 0.15) is 52.4 Å². The van der Waals surface area contributed by atoms with Crippen LogP contribution in [0.2, 0.25) is 0 Å². The van der Waals surface area contributed by atoms with Gasteiger partial charge in [0.2, 0.25) is 11.7 Å². The molecule has 10 heteroatoms. The van der Waals surface area contributed by atoms with Crippen LogP contribution in [0.4, 0.5) is 13.2 Å². The van der Waals surface area contributed by atoms with E-state index in [0.29, 0.717) is 30.5 Å². The van der Waals surface area contributed by atoms with E-state index >= 15 is 0 Å². The molecule has 1 fully saturated rings. The number of amides is 1. The molecule has 0 aliphatic carbocycles. The van der Waals surface area contributed by atoms with Crippen LogP contribution in [0.15, 0.2) is 4.79 Å². The number of nitrogens with zero attached hydrogens (tertiary/aromatic N) is 5. The summed E-state index contributed by atoms with van der Waals surface area (Å²) in [7, 11) is 1.08. The maximum atomic E-state index is 12.9. The molecule has 0 spiro atoms. The number of rotatable bonds is 5. The van der Waals surface area contributed by atoms with Crippen molar-refractivity contribution < 1.29 is 18.0 Å². The average molecular weight is 391 g/mol. The third kappa shape index (κ3) is 4.72. The molecular formula is C17H28F3N5O2. The normalized spacial score (nSPS) is 17.1. The van der Waals surface area contributed by atoms with E-state index < -0.39 is 23.7 Å². The molecule has 7 nitrogen and oxygen atoms in total. The van der Waals surface area contributed by atoms with Gasteiger partial charge in [0.05, 0.1) is 12.6 Å². The summed E-state index contributed by atoms with van der Waals surface area (Å²) in [5.41, 5.74) is -0.761. The number of alkyl halides is 3. The van der Waals surface area contributed by atoms with Gasteiger partial charge >= 0.3 is 11.9 Å². The lowest BCUT2D eigenvalue weighted by Crippen LogP contribution is -2.49. The minimum atomic E-state index is -4.66. The molecule has 2 rings (SSSR count). The molecule has 0 aromatic carbocycles. The van der Waals surface area contributed by atoms with Crippen LogP contribution in [0.3, 0.4) is 0 Å². The van der Waals surface area contributed by atoms with Crippen molar-refractivity contribution in [1.82, 2.24) is 24.1 Å². The molecule has 27 heavy (non-hydrogen) atoms. The number of halogens is 3. The van der Waals surface area contributed by atoms with Crippen molar-refractivity contribution in [3.05, 3.63) is 16.3 Å². The highest BCUT2D eigenvalue weighted by Crippen LogP contribution is 2.28. The summed E-state index contributed by atoms with van der Waals surface area (Å²) in [6, 6.07) is -0.191. The van der Waals surface area contributed by atoms with E-state index in [2.05, 4.69) is 5.10 Å². The second kappa shape index (κ2) is 8.04. The smallest absolute Gasteiger partial charge is 0.337 e. The van der Waals surface area contributed by atoms with Gasteiger partial charge in [0.15, 0.2) is 0 Å². The first-order valence-corrected chi connectivity index (χ1v) is 9.19. The van der Waals surface area contributed by atoms with Gasteiger partial charge in [0.1, 0.15) is 0 Å². The highest BCUT2D eigenvalue weighted by atomic mass is 19.4. The molecule has 1 amide bonds. The van der Waals surface area contributed by atoms with Crippen molar-refractivity contribution in [3.8, 4) is 0 Å². The summed E-state index contributed by atoms with van der Waals surface area (Å²) < 4.78 is 40.3. The zero-order chi connectivity index (χ0) is 20.5. The molecular weight excluding hydrogens is 363 g/mol. The first-order chi connectivity index (χ1) is 12.4. The van der Waals surface area contributed by atoms with E-state index in [9.17, 15) is 22.8 Å². The number of carbonyl (C=O) groups excluding carboxylic acids is 1. The molecule has 0 bridgehead atoms. The fourth-order valence-corrected chi connectivity index (χ4v) is 3.71. The van der Waals surface area contributed by atoms with Gasteiger partial charge in [-0.15, -0.1) is 5.10 Å². The Morgan fingerprint density at radius 1 is 1.19 bits per heavy atom. The minimum Gasteiger partial charge on any atom is -0.337 e. The van der Waals surface area contributed by atoms with Gasteiger partial charge in [-0.3, -0.25) is 14.3 Å². The second-order valence-corrected chi connectivity index (χ2v) is 7.60. The summed E-state index contributed by atoms with van der Waals surface area (Å²) in [5.74, 6) is -1.15. The third-order valence-corrected chi connectivity index (χ3v) is 4.92. The Bertz CT molecular complexity index is 707. The predicted molar refractivity (Wildman–Crippen MR) is 94.3 cm³/mol. The van der Waals surface area contributed by atoms with E-state index in [4.69, 9.17) is 0 Å². The fraction of sp³-hybridized carbons (Fsp3) is 0.824. The van der Waals surface area contributed by atoms with Crippen molar-refractivity contribution in [3.63, 3.8) is 0 Å². The van der Waals surface area contributed by atoms with Crippen LogP contribution in [0.25, 0.3) is 0 Å². The largest absolute Gasteiger partial charge is 0.451 e. The van der Waals surface area contributed by atoms with Crippen molar-refractivity contribution in [2.75, 3.05) is 19.6 Å². The molecule has 1 aliphatic heterocycles. The Hall–Kier alpha value is -1.84. The Morgan fingerprint density at radius 2 is 1.70 bits per heavy atom. The van der Waals surface area contributed by atoms with Crippen molar-refractivity contribution in [1.29, 1.82) is 0 Å². The molecule has 2 heterocycles. The van der Waals surface area contributed by atoms with Crippen LogP contribution in [0.5, 0.6) is 0 Å². The Morgan fingerprint density at radius 3 is 2.11 bits per heavy atom. The quantitative estimate of drug-likeness (QED) is 0.769. The van der Waals surface area contributed by atoms with Gasteiger partial charge in [-0.2, -0.15) is 13.2 Å². The molecule has 0 radical (unpaired) electrons. The lowest BCUT2D eigenvalue weighted by Gasteiger charge is -2.35. The summed E-state index contributed by atoms with van der Waals surface area (Å²) in [6.45, 7) is 9.21. The van der Waals surface area contributed by atoms with Crippen LogP contribution >= 0.6 is 0 Å². The van der Waals surface area contributed by atoms with Crippen LogP contribution in [-0.2, 0) is 18.0 Å². The van der Waals surface area contributed by atoms with E-state index in [-0.39, 0.29) is 24.5 Å². The predicted octanol–water partition coefficient (Wildman–Crippen LogP) is 1.88. The molecule has 1 aromatic rings. The summed E-state index contributed by atoms with van der Waals surface area (Å²) in [5, 5.41) is 3.51. The van der Waals surface area contributed by atoms with Crippen LogP contribution < -0.4 is 5.69 Å². The zero-order valence-corrected chi connectivity index (χ0v) is 16.5. The molecule has 0 N–H and O–H groups in total. The van der Waals surface area contributed by atoms with E-state index in [1.807, 2.05) is 37.5 Å². The van der Waals surface area contributed by atoms with E-state index in [1.54, 1.807) is 0 Å². The fourth-order valence-electron chi connectivity index (χ4n) is 3.71. The molecule has 0 atom stereocenters. The van der Waals surface area contributed by atoms with Gasteiger partial charge in [-0.25, -0.2) is 9.48 Å². The monoisotopic (exact) mass is 391 g/mol. The van der Waals surface area contributed by atoms with Crippen molar-refractivity contribution >= 4 is 5.91 Å². The first kappa shape index (κ1) is 21.5. The van der Waals surface area contributed by atoms with Gasteiger partial charge in [-0.1, -0.05) is 0 Å². The summed E-state index contributed by atoms with van der Waals surface area (Å²) in [4.78, 5) is 28.5. The topological polar surface area (TPSA) is 63.4 Å².